The molecule has 1 aliphatic rings. The van der Waals surface area contributed by atoms with Gasteiger partial charge in [-0.05, 0) is 55.7 Å². The summed E-state index contributed by atoms with van der Waals surface area (Å²) < 4.78 is 45.9. The molecule has 4 rings (SSSR count). The van der Waals surface area contributed by atoms with Crippen molar-refractivity contribution in [1.29, 1.82) is 0 Å². The average Bonchev–Trinajstić information content (AvgIpc) is 3.20. The summed E-state index contributed by atoms with van der Waals surface area (Å²) in [6.45, 7) is 2.53. The molecule has 0 atom stereocenters. The number of hydrogen-bond donors (Lipinski definition) is 0. The molecule has 0 aliphatic carbocycles. The molecule has 1 fully saturated rings. The summed E-state index contributed by atoms with van der Waals surface area (Å²) in [7, 11) is -3.61. The normalized spacial score (nSPS) is 16.2. The molecule has 0 bridgehead atoms. The SMILES string of the molecule is Cc1ccc(S(=O)(=O)N2CCC(c3noc(-c4cccc(F)c4)n3)CC2)cc1Cl. The van der Waals surface area contributed by atoms with E-state index in [1.807, 2.05) is 6.92 Å². The molecule has 2 aromatic carbocycles. The molecule has 3 aromatic rings. The number of aromatic nitrogens is 2. The highest BCUT2D eigenvalue weighted by molar-refractivity contribution is 7.89. The summed E-state index contributed by atoms with van der Waals surface area (Å²) in [5.41, 5.74) is 1.34. The predicted octanol–water partition coefficient (Wildman–Crippen LogP) is 4.41. The first-order valence-corrected chi connectivity index (χ1v) is 11.0. The fourth-order valence-electron chi connectivity index (χ4n) is 3.38. The van der Waals surface area contributed by atoms with Crippen LogP contribution in [0.4, 0.5) is 4.39 Å². The van der Waals surface area contributed by atoms with Crippen molar-refractivity contribution in [3.05, 3.63) is 64.7 Å². The van der Waals surface area contributed by atoms with E-state index in [1.54, 1.807) is 24.3 Å². The van der Waals surface area contributed by atoms with Crippen LogP contribution in [0.5, 0.6) is 0 Å². The largest absolute Gasteiger partial charge is 0.334 e. The Morgan fingerprint density at radius 2 is 1.93 bits per heavy atom. The lowest BCUT2D eigenvalue weighted by molar-refractivity contribution is 0.307. The van der Waals surface area contributed by atoms with Gasteiger partial charge in [0.25, 0.3) is 5.89 Å². The molecule has 0 unspecified atom stereocenters. The molecule has 0 amide bonds. The lowest BCUT2D eigenvalue weighted by Crippen LogP contribution is -2.38. The number of piperidine rings is 1. The third kappa shape index (κ3) is 4.05. The third-order valence-corrected chi connectivity index (χ3v) is 7.42. The van der Waals surface area contributed by atoms with E-state index in [9.17, 15) is 12.8 Å². The zero-order valence-corrected chi connectivity index (χ0v) is 17.3. The number of nitrogens with zero attached hydrogens (tertiary/aromatic N) is 3. The number of aryl methyl sites for hydroxylation is 1. The van der Waals surface area contributed by atoms with Crippen LogP contribution in [-0.2, 0) is 10.0 Å². The van der Waals surface area contributed by atoms with E-state index in [2.05, 4.69) is 10.1 Å². The van der Waals surface area contributed by atoms with Crippen molar-refractivity contribution >= 4 is 21.6 Å². The Bertz CT molecular complexity index is 1140. The van der Waals surface area contributed by atoms with Gasteiger partial charge in [0.15, 0.2) is 5.82 Å². The number of benzene rings is 2. The molecule has 0 spiro atoms. The van der Waals surface area contributed by atoms with Gasteiger partial charge in [-0.3, -0.25) is 0 Å². The topological polar surface area (TPSA) is 76.3 Å². The van der Waals surface area contributed by atoms with E-state index in [4.69, 9.17) is 16.1 Å². The van der Waals surface area contributed by atoms with Gasteiger partial charge in [0.1, 0.15) is 5.82 Å². The van der Waals surface area contributed by atoms with Gasteiger partial charge in [-0.25, -0.2) is 12.8 Å². The molecule has 1 saturated heterocycles. The summed E-state index contributed by atoms with van der Waals surface area (Å²) >= 11 is 6.09. The molecule has 1 aromatic heterocycles. The molecule has 0 N–H and O–H groups in total. The number of sulfonamides is 1. The van der Waals surface area contributed by atoms with Gasteiger partial charge < -0.3 is 4.52 Å². The monoisotopic (exact) mass is 435 g/mol. The van der Waals surface area contributed by atoms with Gasteiger partial charge in [-0.2, -0.15) is 9.29 Å². The van der Waals surface area contributed by atoms with Gasteiger partial charge in [-0.1, -0.05) is 28.9 Å². The van der Waals surface area contributed by atoms with Gasteiger partial charge >= 0.3 is 0 Å². The third-order valence-electron chi connectivity index (χ3n) is 5.11. The molecule has 6 nitrogen and oxygen atoms in total. The van der Waals surface area contributed by atoms with Crippen molar-refractivity contribution in [2.24, 2.45) is 0 Å². The van der Waals surface area contributed by atoms with E-state index in [-0.39, 0.29) is 22.5 Å². The summed E-state index contributed by atoms with van der Waals surface area (Å²) in [5, 5.41) is 4.45. The first-order chi connectivity index (χ1) is 13.8. The van der Waals surface area contributed by atoms with Gasteiger partial charge in [-0.15, -0.1) is 0 Å². The Hall–Kier alpha value is -2.29. The van der Waals surface area contributed by atoms with E-state index < -0.39 is 10.0 Å². The van der Waals surface area contributed by atoms with Crippen molar-refractivity contribution in [3.63, 3.8) is 0 Å². The number of hydrogen-bond acceptors (Lipinski definition) is 5. The summed E-state index contributed by atoms with van der Waals surface area (Å²) in [6.07, 6.45) is 1.14. The second-order valence-corrected chi connectivity index (χ2v) is 9.40. The Balaban J connectivity index is 1.46. The van der Waals surface area contributed by atoms with Crippen LogP contribution in [0.2, 0.25) is 5.02 Å². The Kier molecular flexibility index (Phi) is 5.42. The fourth-order valence-corrected chi connectivity index (χ4v) is 5.12. The Morgan fingerprint density at radius 3 is 2.62 bits per heavy atom. The number of halogens is 2. The van der Waals surface area contributed by atoms with Crippen molar-refractivity contribution in [2.75, 3.05) is 13.1 Å². The van der Waals surface area contributed by atoms with Crippen LogP contribution in [0.3, 0.4) is 0 Å². The average molecular weight is 436 g/mol. The second kappa shape index (κ2) is 7.85. The van der Waals surface area contributed by atoms with Gasteiger partial charge in [0, 0.05) is 29.6 Å². The fraction of sp³-hybridized carbons (Fsp3) is 0.300. The summed E-state index contributed by atoms with van der Waals surface area (Å²) in [5.74, 6) is 0.370. The first-order valence-electron chi connectivity index (χ1n) is 9.20. The highest BCUT2D eigenvalue weighted by Gasteiger charge is 2.32. The molecule has 1 aliphatic heterocycles. The van der Waals surface area contributed by atoms with Crippen LogP contribution >= 0.6 is 11.6 Å². The lowest BCUT2D eigenvalue weighted by Gasteiger charge is -2.29. The molecule has 2 heterocycles. The lowest BCUT2D eigenvalue weighted by atomic mass is 9.97. The van der Waals surface area contributed by atoms with E-state index >= 15 is 0 Å². The minimum atomic E-state index is -3.61. The predicted molar refractivity (Wildman–Crippen MR) is 107 cm³/mol. The molecular formula is C20H19ClFN3O3S. The van der Waals surface area contributed by atoms with Crippen molar-refractivity contribution in [3.8, 4) is 11.5 Å². The Morgan fingerprint density at radius 1 is 1.17 bits per heavy atom. The molecule has 152 valence electrons. The number of rotatable bonds is 4. The van der Waals surface area contributed by atoms with Crippen LogP contribution in [0.15, 0.2) is 51.9 Å². The molecular weight excluding hydrogens is 417 g/mol. The van der Waals surface area contributed by atoms with Crippen LogP contribution in [0.25, 0.3) is 11.5 Å². The maximum Gasteiger partial charge on any atom is 0.258 e. The quantitative estimate of drug-likeness (QED) is 0.606. The van der Waals surface area contributed by atoms with Crippen molar-refractivity contribution < 1.29 is 17.3 Å². The van der Waals surface area contributed by atoms with Crippen LogP contribution < -0.4 is 0 Å². The van der Waals surface area contributed by atoms with E-state index in [0.29, 0.717) is 42.3 Å². The zero-order valence-electron chi connectivity index (χ0n) is 15.7. The molecule has 0 saturated carbocycles. The van der Waals surface area contributed by atoms with Crippen LogP contribution in [0.1, 0.15) is 30.1 Å². The maximum atomic E-state index is 13.4. The molecule has 9 heteroatoms. The first kappa shape index (κ1) is 20.0. The van der Waals surface area contributed by atoms with Crippen LogP contribution in [0, 0.1) is 12.7 Å². The highest BCUT2D eigenvalue weighted by atomic mass is 35.5. The highest BCUT2D eigenvalue weighted by Crippen LogP contribution is 2.31. The van der Waals surface area contributed by atoms with Gasteiger partial charge in [0.05, 0.1) is 4.90 Å². The smallest absolute Gasteiger partial charge is 0.258 e. The Labute approximate surface area is 173 Å². The van der Waals surface area contributed by atoms with Crippen LogP contribution in [-0.4, -0.2) is 36.0 Å². The zero-order chi connectivity index (χ0) is 20.6. The minimum absolute atomic E-state index is 0.0193. The summed E-state index contributed by atoms with van der Waals surface area (Å²) in [4.78, 5) is 4.58. The van der Waals surface area contributed by atoms with E-state index in [0.717, 1.165) is 5.56 Å². The molecule has 29 heavy (non-hydrogen) atoms. The molecule has 0 radical (unpaired) electrons. The van der Waals surface area contributed by atoms with Gasteiger partial charge in [0.2, 0.25) is 10.0 Å². The van der Waals surface area contributed by atoms with Crippen molar-refractivity contribution in [1.82, 2.24) is 14.4 Å². The standard InChI is InChI=1S/C20H19ClFN3O3S/c1-13-5-6-17(12-18(13)21)29(26,27)25-9-7-14(8-10-25)19-23-20(28-24-19)15-3-2-4-16(22)11-15/h2-6,11-12,14H,7-10H2,1H3. The minimum Gasteiger partial charge on any atom is -0.334 e. The van der Waals surface area contributed by atoms with Crippen molar-refractivity contribution in [2.45, 2.75) is 30.6 Å². The second-order valence-electron chi connectivity index (χ2n) is 7.06. The maximum absolute atomic E-state index is 13.4. The summed E-state index contributed by atoms with van der Waals surface area (Å²) in [6, 6.07) is 10.7. The van der Waals surface area contributed by atoms with E-state index in [1.165, 1.54) is 22.5 Å².